The van der Waals surface area contributed by atoms with Gasteiger partial charge in [-0.15, -0.1) is 0 Å². The molecule has 2 aromatic carbocycles. The highest BCUT2D eigenvalue weighted by molar-refractivity contribution is 7.80. The number of para-hydroxylation sites is 1. The van der Waals surface area contributed by atoms with Gasteiger partial charge in [0, 0.05) is 29.8 Å². The van der Waals surface area contributed by atoms with Crippen molar-refractivity contribution in [1.82, 2.24) is 10.3 Å². The second-order valence-electron chi connectivity index (χ2n) is 12.9. The summed E-state index contributed by atoms with van der Waals surface area (Å²) in [5, 5.41) is 3.41. The molecule has 254 valence electrons. The Kier molecular flexibility index (Phi) is 11.5. The van der Waals surface area contributed by atoms with Crippen LogP contribution >= 0.6 is 12.2 Å². The average molecular weight is 672 g/mol. The molecule has 2 unspecified atom stereocenters. The van der Waals surface area contributed by atoms with Crippen molar-refractivity contribution < 1.29 is 32.3 Å². The van der Waals surface area contributed by atoms with Crippen LogP contribution < -0.4 is 11.1 Å². The molecule has 1 aromatic heterocycles. The van der Waals surface area contributed by atoms with E-state index in [1.807, 2.05) is 58.0 Å². The van der Waals surface area contributed by atoms with Gasteiger partial charge < -0.3 is 20.8 Å². The first-order chi connectivity index (χ1) is 22.2. The summed E-state index contributed by atoms with van der Waals surface area (Å²) in [5.41, 5.74) is 5.79. The maximum Gasteiger partial charge on any atom is 0.418 e. The minimum Gasteiger partial charge on any atom is -0.461 e. The molecular formula is C36H44F3N3O4S. The molecule has 0 fully saturated rings. The molecular weight excluding hydrogens is 627 g/mol. The van der Waals surface area contributed by atoms with Crippen molar-refractivity contribution in [1.29, 1.82) is 0 Å². The lowest BCUT2D eigenvalue weighted by molar-refractivity contribution is -0.149. The average Bonchev–Trinajstić information content (AvgIpc) is 3.41. The number of aromatic amines is 1. The third-order valence-electron chi connectivity index (χ3n) is 9.91. The van der Waals surface area contributed by atoms with Gasteiger partial charge in [0.05, 0.1) is 28.4 Å². The number of carbonyl (C=O) groups excluding carboxylic acids is 3. The highest BCUT2D eigenvalue weighted by Gasteiger charge is 2.46. The van der Waals surface area contributed by atoms with E-state index in [1.165, 1.54) is 6.07 Å². The Hall–Kier alpha value is -3.73. The van der Waals surface area contributed by atoms with Crippen molar-refractivity contribution in [3.05, 3.63) is 70.9 Å². The van der Waals surface area contributed by atoms with Gasteiger partial charge in [0.2, 0.25) is 5.91 Å². The molecule has 3 aromatic rings. The molecule has 0 spiro atoms. The maximum atomic E-state index is 14.4. The SMILES string of the molecule is CCC(C)[C@H](CC(=O)OCc1ccccc1)C(=O)N[C@]1(C(=O)C[C@H](C(N)=S)C(C)CC)CCc2[nH]c3c(C(F)(F)F)cccc3c2C1. The summed E-state index contributed by atoms with van der Waals surface area (Å²) in [6.07, 6.45) is -3.08. The Labute approximate surface area is 279 Å². The van der Waals surface area contributed by atoms with E-state index in [1.54, 1.807) is 6.07 Å². The van der Waals surface area contributed by atoms with Crippen LogP contribution in [0.1, 0.15) is 82.2 Å². The van der Waals surface area contributed by atoms with Gasteiger partial charge in [0.25, 0.3) is 0 Å². The fourth-order valence-corrected chi connectivity index (χ4v) is 6.84. The number of ketones is 1. The smallest absolute Gasteiger partial charge is 0.418 e. The number of H-pyrrole nitrogens is 1. The van der Waals surface area contributed by atoms with E-state index in [0.29, 0.717) is 23.1 Å². The van der Waals surface area contributed by atoms with Gasteiger partial charge in [-0.1, -0.05) is 95.2 Å². The van der Waals surface area contributed by atoms with Crippen LogP contribution in [0.15, 0.2) is 48.5 Å². The number of nitrogens with two attached hydrogens (primary N) is 1. The fourth-order valence-electron chi connectivity index (χ4n) is 6.53. The first-order valence-electron chi connectivity index (χ1n) is 16.2. The lowest BCUT2D eigenvalue weighted by atomic mass is 9.72. The van der Waals surface area contributed by atoms with Crippen LogP contribution in [-0.4, -0.2) is 33.2 Å². The highest BCUT2D eigenvalue weighted by Crippen LogP contribution is 2.41. The van der Waals surface area contributed by atoms with Crippen molar-refractivity contribution in [2.24, 2.45) is 29.4 Å². The topological polar surface area (TPSA) is 114 Å². The number of carbonyl (C=O) groups is 3. The summed E-state index contributed by atoms with van der Waals surface area (Å²) >= 11 is 5.34. The second-order valence-corrected chi connectivity index (χ2v) is 13.4. The molecule has 1 heterocycles. The highest BCUT2D eigenvalue weighted by atomic mass is 32.1. The van der Waals surface area contributed by atoms with Gasteiger partial charge in [0.1, 0.15) is 12.1 Å². The van der Waals surface area contributed by atoms with Crippen LogP contribution in [0.25, 0.3) is 10.9 Å². The maximum absolute atomic E-state index is 14.4. The van der Waals surface area contributed by atoms with E-state index in [-0.39, 0.29) is 66.8 Å². The van der Waals surface area contributed by atoms with Gasteiger partial charge in [-0.05, 0) is 41.9 Å². The van der Waals surface area contributed by atoms with E-state index in [0.717, 1.165) is 18.1 Å². The van der Waals surface area contributed by atoms with Gasteiger partial charge in [-0.2, -0.15) is 13.2 Å². The number of esters is 1. The van der Waals surface area contributed by atoms with Crippen molar-refractivity contribution >= 4 is 45.8 Å². The second kappa shape index (κ2) is 15.0. The number of alkyl halides is 3. The molecule has 11 heteroatoms. The van der Waals surface area contributed by atoms with Crippen LogP contribution in [-0.2, 0) is 44.7 Å². The van der Waals surface area contributed by atoms with E-state index in [9.17, 15) is 27.6 Å². The molecule has 0 bridgehead atoms. The number of thiocarbonyl (C=S) groups is 1. The van der Waals surface area contributed by atoms with Crippen molar-refractivity contribution in [3.63, 3.8) is 0 Å². The van der Waals surface area contributed by atoms with Crippen molar-refractivity contribution in [2.75, 3.05) is 0 Å². The molecule has 7 nitrogen and oxygen atoms in total. The number of hydrogen-bond acceptors (Lipinski definition) is 5. The summed E-state index contributed by atoms with van der Waals surface area (Å²) in [6, 6.07) is 13.2. The number of Topliss-reactive ketones (excluding diaryl/α,β-unsaturated/α-hetero) is 1. The van der Waals surface area contributed by atoms with Crippen LogP contribution in [0.4, 0.5) is 13.2 Å². The summed E-state index contributed by atoms with van der Waals surface area (Å²) in [7, 11) is 0. The normalized spacial score (nSPS) is 18.9. The third-order valence-corrected chi connectivity index (χ3v) is 10.2. The van der Waals surface area contributed by atoms with E-state index in [4.69, 9.17) is 22.7 Å². The third kappa shape index (κ3) is 8.23. The van der Waals surface area contributed by atoms with E-state index >= 15 is 0 Å². The zero-order valence-electron chi connectivity index (χ0n) is 27.3. The number of fused-ring (bicyclic) bond motifs is 3. The molecule has 47 heavy (non-hydrogen) atoms. The van der Waals surface area contributed by atoms with Gasteiger partial charge in [-0.25, -0.2) is 0 Å². The Balaban J connectivity index is 1.69. The number of amides is 1. The van der Waals surface area contributed by atoms with Crippen LogP contribution in [0.2, 0.25) is 0 Å². The van der Waals surface area contributed by atoms with Gasteiger partial charge in [-0.3, -0.25) is 14.4 Å². The fraction of sp³-hybridized carbons (Fsp3) is 0.500. The Morgan fingerprint density at radius 2 is 1.66 bits per heavy atom. The van der Waals surface area contributed by atoms with Crippen LogP contribution in [0, 0.1) is 23.7 Å². The summed E-state index contributed by atoms with van der Waals surface area (Å²) in [4.78, 5) is 44.7. The molecule has 4 rings (SSSR count). The first kappa shape index (κ1) is 36.1. The molecule has 4 N–H and O–H groups in total. The molecule has 5 atom stereocenters. The molecule has 1 aliphatic rings. The number of benzene rings is 2. The van der Waals surface area contributed by atoms with Gasteiger partial charge >= 0.3 is 12.1 Å². The first-order valence-corrected chi connectivity index (χ1v) is 16.6. The van der Waals surface area contributed by atoms with Gasteiger partial charge in [0.15, 0.2) is 5.78 Å². The van der Waals surface area contributed by atoms with E-state index < -0.39 is 41.0 Å². The number of halogens is 3. The Morgan fingerprint density at radius 1 is 1.00 bits per heavy atom. The molecule has 0 aliphatic heterocycles. The Bertz CT molecular complexity index is 1610. The largest absolute Gasteiger partial charge is 0.461 e. The standard InChI is InChI=1S/C36H44F3N3O4S/c1-5-21(3)25(33(40)47)17-30(43)35(16-15-29-27(19-35)24-13-10-14-28(32(24)41-29)36(37,38)39)42-34(45)26(22(4)6-2)18-31(44)46-20-23-11-8-7-9-12-23/h7-14,21-22,25-26,41H,5-6,15-20H2,1-4H3,(H2,40,47)(H,42,45)/t21?,22?,25-,26-,35+/m0/s1. The predicted octanol–water partition coefficient (Wildman–Crippen LogP) is 7.23. The minimum atomic E-state index is -4.58. The van der Waals surface area contributed by atoms with Crippen LogP contribution in [0.5, 0.6) is 0 Å². The Morgan fingerprint density at radius 3 is 2.28 bits per heavy atom. The van der Waals surface area contributed by atoms with Crippen molar-refractivity contribution in [3.8, 4) is 0 Å². The summed E-state index contributed by atoms with van der Waals surface area (Å²) in [6.45, 7) is 7.78. The minimum absolute atomic E-state index is 0.00182. The van der Waals surface area contributed by atoms with Crippen LogP contribution in [0.3, 0.4) is 0 Å². The number of hydrogen-bond donors (Lipinski definition) is 3. The number of rotatable bonds is 14. The lowest BCUT2D eigenvalue weighted by Gasteiger charge is -2.39. The molecule has 1 aliphatic carbocycles. The zero-order chi connectivity index (χ0) is 34.5. The molecule has 0 saturated heterocycles. The number of nitrogens with one attached hydrogen (secondary N) is 2. The quantitative estimate of drug-likeness (QED) is 0.123. The predicted molar refractivity (Wildman–Crippen MR) is 179 cm³/mol. The molecule has 0 radical (unpaired) electrons. The zero-order valence-corrected chi connectivity index (χ0v) is 28.2. The van der Waals surface area contributed by atoms with E-state index in [2.05, 4.69) is 10.3 Å². The molecule has 1 amide bonds. The summed E-state index contributed by atoms with van der Waals surface area (Å²) < 4.78 is 47.3. The van der Waals surface area contributed by atoms with Crippen molar-refractivity contribution in [2.45, 2.75) is 91.0 Å². The summed E-state index contributed by atoms with van der Waals surface area (Å²) in [5.74, 6) is -2.74. The monoisotopic (exact) mass is 671 g/mol. The number of aromatic nitrogens is 1. The molecule has 0 saturated carbocycles. The number of ether oxygens (including phenoxy) is 1. The number of aryl methyl sites for hydroxylation is 1. The lowest BCUT2D eigenvalue weighted by Crippen LogP contribution is -2.60.